The van der Waals surface area contributed by atoms with Crippen molar-refractivity contribution in [2.45, 2.75) is 46.0 Å². The van der Waals surface area contributed by atoms with Crippen LogP contribution in [-0.4, -0.2) is 17.4 Å². The molecule has 0 fully saturated rings. The van der Waals surface area contributed by atoms with E-state index in [1.165, 1.54) is 6.39 Å². The molecular formula is C12H20N2O2. The zero-order chi connectivity index (χ0) is 12.0. The van der Waals surface area contributed by atoms with E-state index < -0.39 is 0 Å². The highest BCUT2D eigenvalue weighted by molar-refractivity contribution is 5.92. The van der Waals surface area contributed by atoms with E-state index in [2.05, 4.69) is 17.2 Å². The SMILES string of the molecule is CCCCCNC(=O)c1ocnc1C(C)C. The number of carbonyl (C=O) groups is 1. The average molecular weight is 224 g/mol. The standard InChI is InChI=1S/C12H20N2O2/c1-4-5-6-7-13-12(15)11-10(9(2)3)14-8-16-11/h8-9H,4-7H2,1-3H3,(H,13,15). The monoisotopic (exact) mass is 224 g/mol. The average Bonchev–Trinajstić information content (AvgIpc) is 2.73. The van der Waals surface area contributed by atoms with Crippen LogP contribution in [0.15, 0.2) is 10.8 Å². The van der Waals surface area contributed by atoms with E-state index in [1.54, 1.807) is 0 Å². The summed E-state index contributed by atoms with van der Waals surface area (Å²) >= 11 is 0. The van der Waals surface area contributed by atoms with Crippen LogP contribution in [0.5, 0.6) is 0 Å². The summed E-state index contributed by atoms with van der Waals surface area (Å²) in [6, 6.07) is 0. The van der Waals surface area contributed by atoms with Gasteiger partial charge >= 0.3 is 0 Å². The van der Waals surface area contributed by atoms with Gasteiger partial charge < -0.3 is 9.73 Å². The summed E-state index contributed by atoms with van der Waals surface area (Å²) in [5.41, 5.74) is 0.730. The molecule has 0 unspecified atom stereocenters. The highest BCUT2D eigenvalue weighted by atomic mass is 16.3. The minimum absolute atomic E-state index is 0.155. The van der Waals surface area contributed by atoms with Gasteiger partial charge in [0.25, 0.3) is 5.91 Å². The fourth-order valence-corrected chi connectivity index (χ4v) is 1.49. The molecule has 1 rings (SSSR count). The Hall–Kier alpha value is -1.32. The first-order valence-electron chi connectivity index (χ1n) is 5.88. The first-order valence-corrected chi connectivity index (χ1v) is 5.88. The molecule has 0 spiro atoms. The van der Waals surface area contributed by atoms with Gasteiger partial charge in [0.05, 0.1) is 5.69 Å². The molecule has 1 amide bonds. The number of rotatable bonds is 6. The molecule has 0 aromatic carbocycles. The maximum atomic E-state index is 11.7. The summed E-state index contributed by atoms with van der Waals surface area (Å²) < 4.78 is 5.12. The number of unbranched alkanes of at least 4 members (excludes halogenated alkanes) is 2. The first-order chi connectivity index (χ1) is 7.66. The van der Waals surface area contributed by atoms with E-state index in [0.29, 0.717) is 12.3 Å². The number of oxazole rings is 1. The molecule has 0 aliphatic rings. The van der Waals surface area contributed by atoms with Crippen LogP contribution in [0.4, 0.5) is 0 Å². The van der Waals surface area contributed by atoms with Crippen molar-refractivity contribution in [1.29, 1.82) is 0 Å². The Morgan fingerprint density at radius 1 is 1.50 bits per heavy atom. The Balaban J connectivity index is 2.49. The van der Waals surface area contributed by atoms with Crippen LogP contribution in [0.1, 0.15) is 62.2 Å². The lowest BCUT2D eigenvalue weighted by Gasteiger charge is -2.05. The van der Waals surface area contributed by atoms with E-state index in [1.807, 2.05) is 13.8 Å². The van der Waals surface area contributed by atoms with Gasteiger partial charge in [-0.1, -0.05) is 33.6 Å². The Labute approximate surface area is 96.4 Å². The van der Waals surface area contributed by atoms with Gasteiger partial charge in [-0.3, -0.25) is 4.79 Å². The molecule has 1 heterocycles. The number of hydrogen-bond donors (Lipinski definition) is 1. The quantitative estimate of drug-likeness (QED) is 0.756. The van der Waals surface area contributed by atoms with Crippen LogP contribution in [0.25, 0.3) is 0 Å². The molecule has 0 saturated heterocycles. The van der Waals surface area contributed by atoms with Crippen LogP contribution >= 0.6 is 0 Å². The number of nitrogens with zero attached hydrogens (tertiary/aromatic N) is 1. The minimum atomic E-state index is -0.155. The zero-order valence-corrected chi connectivity index (χ0v) is 10.2. The number of carbonyl (C=O) groups excluding carboxylic acids is 1. The molecule has 4 nitrogen and oxygen atoms in total. The van der Waals surface area contributed by atoms with Gasteiger partial charge in [-0.05, 0) is 12.3 Å². The number of aromatic nitrogens is 1. The largest absolute Gasteiger partial charge is 0.438 e. The van der Waals surface area contributed by atoms with Crippen molar-refractivity contribution in [2.75, 3.05) is 6.54 Å². The maximum Gasteiger partial charge on any atom is 0.289 e. The molecule has 1 N–H and O–H groups in total. The molecule has 16 heavy (non-hydrogen) atoms. The normalized spacial score (nSPS) is 10.8. The van der Waals surface area contributed by atoms with E-state index >= 15 is 0 Å². The van der Waals surface area contributed by atoms with Gasteiger partial charge in [0.2, 0.25) is 5.76 Å². The molecular weight excluding hydrogens is 204 g/mol. The highest BCUT2D eigenvalue weighted by Crippen LogP contribution is 2.17. The number of nitrogens with one attached hydrogen (secondary N) is 1. The molecule has 0 bridgehead atoms. The second-order valence-electron chi connectivity index (χ2n) is 4.18. The van der Waals surface area contributed by atoms with Gasteiger partial charge in [-0.15, -0.1) is 0 Å². The molecule has 0 atom stereocenters. The van der Waals surface area contributed by atoms with Crippen molar-refractivity contribution >= 4 is 5.91 Å². The number of amides is 1. The third-order valence-electron chi connectivity index (χ3n) is 2.41. The van der Waals surface area contributed by atoms with Crippen molar-refractivity contribution in [3.63, 3.8) is 0 Å². The van der Waals surface area contributed by atoms with Gasteiger partial charge in [-0.2, -0.15) is 0 Å². The molecule has 4 heteroatoms. The lowest BCUT2D eigenvalue weighted by Crippen LogP contribution is -2.25. The predicted molar refractivity (Wildman–Crippen MR) is 62.5 cm³/mol. The van der Waals surface area contributed by atoms with Crippen molar-refractivity contribution in [3.8, 4) is 0 Å². The Morgan fingerprint density at radius 2 is 2.25 bits per heavy atom. The Morgan fingerprint density at radius 3 is 2.88 bits per heavy atom. The van der Waals surface area contributed by atoms with Crippen LogP contribution in [0.3, 0.4) is 0 Å². The van der Waals surface area contributed by atoms with Crippen molar-refractivity contribution in [1.82, 2.24) is 10.3 Å². The van der Waals surface area contributed by atoms with Crippen molar-refractivity contribution < 1.29 is 9.21 Å². The fourth-order valence-electron chi connectivity index (χ4n) is 1.49. The summed E-state index contributed by atoms with van der Waals surface area (Å²) in [6.07, 6.45) is 4.62. The smallest absolute Gasteiger partial charge is 0.289 e. The molecule has 90 valence electrons. The topological polar surface area (TPSA) is 55.1 Å². The van der Waals surface area contributed by atoms with E-state index in [9.17, 15) is 4.79 Å². The van der Waals surface area contributed by atoms with Crippen LogP contribution in [0, 0.1) is 0 Å². The first kappa shape index (κ1) is 12.7. The zero-order valence-electron chi connectivity index (χ0n) is 10.2. The van der Waals surface area contributed by atoms with Gasteiger partial charge in [-0.25, -0.2) is 4.98 Å². The summed E-state index contributed by atoms with van der Waals surface area (Å²) in [6.45, 7) is 6.82. The molecule has 0 aliphatic heterocycles. The van der Waals surface area contributed by atoms with Crippen LogP contribution < -0.4 is 5.32 Å². The summed E-state index contributed by atoms with van der Waals surface area (Å²) in [7, 11) is 0. The van der Waals surface area contributed by atoms with Crippen molar-refractivity contribution in [2.24, 2.45) is 0 Å². The second-order valence-corrected chi connectivity index (χ2v) is 4.18. The van der Waals surface area contributed by atoms with Crippen molar-refractivity contribution in [3.05, 3.63) is 17.8 Å². The summed E-state index contributed by atoms with van der Waals surface area (Å²) in [4.78, 5) is 15.8. The third-order valence-corrected chi connectivity index (χ3v) is 2.41. The Bertz CT molecular complexity index is 332. The Kier molecular flexibility index (Phi) is 5.02. The summed E-state index contributed by atoms with van der Waals surface area (Å²) in [5.74, 6) is 0.402. The van der Waals surface area contributed by atoms with E-state index in [4.69, 9.17) is 4.42 Å². The highest BCUT2D eigenvalue weighted by Gasteiger charge is 2.18. The van der Waals surface area contributed by atoms with Gasteiger partial charge in [0, 0.05) is 6.54 Å². The second kappa shape index (κ2) is 6.30. The summed E-state index contributed by atoms with van der Waals surface area (Å²) in [5, 5.41) is 2.84. The predicted octanol–water partition coefficient (Wildman–Crippen LogP) is 2.72. The third kappa shape index (κ3) is 3.36. The maximum absolute atomic E-state index is 11.7. The molecule has 0 aliphatic carbocycles. The number of hydrogen-bond acceptors (Lipinski definition) is 3. The van der Waals surface area contributed by atoms with Crippen LogP contribution in [-0.2, 0) is 0 Å². The van der Waals surface area contributed by atoms with E-state index in [-0.39, 0.29) is 11.8 Å². The van der Waals surface area contributed by atoms with E-state index in [0.717, 1.165) is 25.0 Å². The van der Waals surface area contributed by atoms with Gasteiger partial charge in [0.1, 0.15) is 0 Å². The van der Waals surface area contributed by atoms with Gasteiger partial charge in [0.15, 0.2) is 6.39 Å². The molecule has 1 aromatic heterocycles. The molecule has 0 radical (unpaired) electrons. The fraction of sp³-hybridized carbons (Fsp3) is 0.667. The molecule has 0 saturated carbocycles. The lowest BCUT2D eigenvalue weighted by molar-refractivity contribution is 0.0923. The molecule has 1 aromatic rings. The minimum Gasteiger partial charge on any atom is -0.438 e. The lowest BCUT2D eigenvalue weighted by atomic mass is 10.1. The van der Waals surface area contributed by atoms with Crippen LogP contribution in [0.2, 0.25) is 0 Å².